The second-order valence-electron chi connectivity index (χ2n) is 5.34. The monoisotopic (exact) mass is 346 g/mol. The third-order valence-corrected chi connectivity index (χ3v) is 4.17. The van der Waals surface area contributed by atoms with Gasteiger partial charge in [0, 0.05) is 17.0 Å². The van der Waals surface area contributed by atoms with E-state index >= 15 is 0 Å². The van der Waals surface area contributed by atoms with Crippen molar-refractivity contribution in [3.63, 3.8) is 0 Å². The Hall–Kier alpha value is -2.53. The smallest absolute Gasteiger partial charge is 0.245 e. The number of carbonyl (C=O) groups is 1. The minimum atomic E-state index is -0.433. The van der Waals surface area contributed by atoms with E-state index in [9.17, 15) is 9.18 Å². The number of methoxy groups -OCH3 is 1. The maximum atomic E-state index is 14.0. The Kier molecular flexibility index (Phi) is 4.71. The number of benzene rings is 2. The first-order valence-electron chi connectivity index (χ1n) is 7.43. The quantitative estimate of drug-likeness (QED) is 0.916. The van der Waals surface area contributed by atoms with Crippen LogP contribution in [0.15, 0.2) is 48.5 Å². The molecule has 0 saturated heterocycles. The highest BCUT2D eigenvalue weighted by molar-refractivity contribution is 6.31. The fourth-order valence-corrected chi connectivity index (χ4v) is 2.70. The number of hydrogen-bond acceptors (Lipinski definition) is 3. The molecule has 0 bridgehead atoms. The summed E-state index contributed by atoms with van der Waals surface area (Å²) in [6.45, 7) is 0.0534. The van der Waals surface area contributed by atoms with E-state index in [1.807, 2.05) is 30.3 Å². The number of rotatable bonds is 4. The number of nitrogens with zero attached hydrogens (tertiary/aromatic N) is 1. The topological polar surface area (TPSA) is 41.6 Å². The van der Waals surface area contributed by atoms with E-state index in [1.165, 1.54) is 17.1 Å². The molecule has 2 aromatic rings. The van der Waals surface area contributed by atoms with E-state index in [2.05, 4.69) is 5.43 Å². The van der Waals surface area contributed by atoms with E-state index in [4.69, 9.17) is 16.3 Å². The highest BCUT2D eigenvalue weighted by Crippen LogP contribution is 2.24. The maximum absolute atomic E-state index is 14.0. The highest BCUT2D eigenvalue weighted by atomic mass is 35.5. The summed E-state index contributed by atoms with van der Waals surface area (Å²) < 4.78 is 19.1. The van der Waals surface area contributed by atoms with Gasteiger partial charge in [0.2, 0.25) is 5.91 Å². The number of halogens is 2. The molecule has 0 radical (unpaired) electrons. The molecule has 6 heteroatoms. The van der Waals surface area contributed by atoms with E-state index in [0.717, 1.165) is 17.0 Å². The second kappa shape index (κ2) is 6.93. The summed E-state index contributed by atoms with van der Waals surface area (Å²) in [6, 6.07) is 11.9. The molecule has 1 aliphatic rings. The molecule has 4 nitrogen and oxygen atoms in total. The van der Waals surface area contributed by atoms with Gasteiger partial charge in [0.1, 0.15) is 11.6 Å². The molecule has 0 spiro atoms. The van der Waals surface area contributed by atoms with Crippen LogP contribution < -0.4 is 10.2 Å². The van der Waals surface area contributed by atoms with Gasteiger partial charge in [-0.25, -0.2) is 4.39 Å². The lowest BCUT2D eigenvalue weighted by Crippen LogP contribution is -2.43. The molecule has 0 saturated carbocycles. The average molecular weight is 347 g/mol. The summed E-state index contributed by atoms with van der Waals surface area (Å²) in [4.78, 5) is 12.1. The summed E-state index contributed by atoms with van der Waals surface area (Å²) in [6.07, 6.45) is 2.05. The first kappa shape index (κ1) is 16.3. The standard InChI is InChI=1S/C18H16ClFN2O2/c1-24-13-7-5-12(6-8-13)17-9-10-18(23)22(21-17)11-14-15(19)3-2-4-16(14)20/h2-9,21H,10-11H2,1H3. The van der Waals surface area contributed by atoms with Crippen LogP contribution in [0.1, 0.15) is 17.5 Å². The summed E-state index contributed by atoms with van der Waals surface area (Å²) in [5.41, 5.74) is 5.02. The molecule has 1 heterocycles. The van der Waals surface area contributed by atoms with Crippen molar-refractivity contribution in [2.45, 2.75) is 13.0 Å². The molecule has 1 amide bonds. The fourth-order valence-electron chi connectivity index (χ4n) is 2.48. The van der Waals surface area contributed by atoms with Gasteiger partial charge in [0.25, 0.3) is 0 Å². The minimum absolute atomic E-state index is 0.0534. The molecule has 2 aromatic carbocycles. The molecular formula is C18H16ClFN2O2. The Morgan fingerprint density at radius 2 is 2.00 bits per heavy atom. The molecule has 0 aromatic heterocycles. The van der Waals surface area contributed by atoms with Crippen LogP contribution in [0.25, 0.3) is 5.70 Å². The van der Waals surface area contributed by atoms with E-state index in [1.54, 1.807) is 13.2 Å². The van der Waals surface area contributed by atoms with Gasteiger partial charge in [-0.05, 0) is 48.0 Å². The third-order valence-electron chi connectivity index (χ3n) is 3.82. The van der Waals surface area contributed by atoms with E-state index in [-0.39, 0.29) is 24.4 Å². The van der Waals surface area contributed by atoms with Gasteiger partial charge in [-0.1, -0.05) is 17.7 Å². The largest absolute Gasteiger partial charge is 0.497 e. The van der Waals surface area contributed by atoms with Gasteiger partial charge >= 0.3 is 0 Å². The van der Waals surface area contributed by atoms with E-state index in [0.29, 0.717) is 5.02 Å². The number of carbonyl (C=O) groups excluding carboxylic acids is 1. The van der Waals surface area contributed by atoms with Gasteiger partial charge in [-0.2, -0.15) is 0 Å². The summed E-state index contributed by atoms with van der Waals surface area (Å²) in [7, 11) is 1.60. The van der Waals surface area contributed by atoms with Gasteiger partial charge in [-0.3, -0.25) is 15.2 Å². The molecule has 3 rings (SSSR count). The Morgan fingerprint density at radius 1 is 1.25 bits per heavy atom. The van der Waals surface area contributed by atoms with Crippen LogP contribution in [0.2, 0.25) is 5.02 Å². The maximum Gasteiger partial charge on any atom is 0.245 e. The molecule has 0 unspecified atom stereocenters. The molecule has 1 N–H and O–H groups in total. The second-order valence-corrected chi connectivity index (χ2v) is 5.75. The Labute approximate surface area is 144 Å². The molecule has 24 heavy (non-hydrogen) atoms. The van der Waals surface area contributed by atoms with E-state index < -0.39 is 5.82 Å². The number of nitrogens with one attached hydrogen (secondary N) is 1. The van der Waals surface area contributed by atoms with Crippen molar-refractivity contribution in [2.24, 2.45) is 0 Å². The Balaban J connectivity index is 1.81. The van der Waals surface area contributed by atoms with Crippen LogP contribution in [0.5, 0.6) is 5.75 Å². The van der Waals surface area contributed by atoms with Crippen molar-refractivity contribution in [2.75, 3.05) is 7.11 Å². The zero-order chi connectivity index (χ0) is 17.1. The predicted octanol–water partition coefficient (Wildman–Crippen LogP) is 3.77. The molecule has 0 aliphatic carbocycles. The zero-order valence-corrected chi connectivity index (χ0v) is 13.8. The summed E-state index contributed by atoms with van der Waals surface area (Å²) >= 11 is 6.05. The average Bonchev–Trinajstić information content (AvgIpc) is 2.60. The van der Waals surface area contributed by atoms with Gasteiger partial charge in [0.15, 0.2) is 0 Å². The van der Waals surface area contributed by atoms with Crippen molar-refractivity contribution < 1.29 is 13.9 Å². The van der Waals surface area contributed by atoms with Crippen LogP contribution in [0, 0.1) is 5.82 Å². The van der Waals surface area contributed by atoms with Crippen molar-refractivity contribution in [1.29, 1.82) is 0 Å². The lowest BCUT2D eigenvalue weighted by atomic mass is 10.1. The van der Waals surface area contributed by atoms with Crippen LogP contribution in [-0.2, 0) is 11.3 Å². The molecular weight excluding hydrogens is 331 g/mol. The van der Waals surface area contributed by atoms with Crippen LogP contribution >= 0.6 is 11.6 Å². The fraction of sp³-hybridized carbons (Fsp3) is 0.167. The van der Waals surface area contributed by atoms with Gasteiger partial charge in [-0.15, -0.1) is 0 Å². The predicted molar refractivity (Wildman–Crippen MR) is 90.7 cm³/mol. The molecule has 0 atom stereocenters. The minimum Gasteiger partial charge on any atom is -0.497 e. The highest BCUT2D eigenvalue weighted by Gasteiger charge is 2.22. The summed E-state index contributed by atoms with van der Waals surface area (Å²) in [5, 5.41) is 1.68. The molecule has 124 valence electrons. The van der Waals surface area contributed by atoms with Crippen molar-refractivity contribution in [3.05, 3.63) is 70.5 Å². The van der Waals surface area contributed by atoms with Gasteiger partial charge in [0.05, 0.1) is 19.4 Å². The number of hydrogen-bond donors (Lipinski definition) is 1. The summed E-state index contributed by atoms with van der Waals surface area (Å²) in [5.74, 6) is 0.172. The van der Waals surface area contributed by atoms with Crippen molar-refractivity contribution in [1.82, 2.24) is 10.4 Å². The normalized spacial score (nSPS) is 14.2. The number of hydrazine groups is 1. The van der Waals surface area contributed by atoms with Crippen LogP contribution in [0.3, 0.4) is 0 Å². The van der Waals surface area contributed by atoms with Crippen LogP contribution in [0.4, 0.5) is 4.39 Å². The van der Waals surface area contributed by atoms with Crippen LogP contribution in [-0.4, -0.2) is 18.0 Å². The van der Waals surface area contributed by atoms with Crippen molar-refractivity contribution in [3.8, 4) is 5.75 Å². The number of amides is 1. The Bertz CT molecular complexity index is 770. The molecule has 0 fully saturated rings. The van der Waals surface area contributed by atoms with Gasteiger partial charge < -0.3 is 4.74 Å². The lowest BCUT2D eigenvalue weighted by molar-refractivity contribution is -0.133. The number of ether oxygens (including phenoxy) is 1. The lowest BCUT2D eigenvalue weighted by Gasteiger charge is -2.29. The van der Waals surface area contributed by atoms with Crippen molar-refractivity contribution >= 4 is 23.2 Å². The molecule has 1 aliphatic heterocycles. The first-order chi connectivity index (χ1) is 11.6. The third kappa shape index (κ3) is 3.36. The Morgan fingerprint density at radius 3 is 2.67 bits per heavy atom. The SMILES string of the molecule is COc1ccc(C2=CCC(=O)N(Cc3c(F)cccc3Cl)N2)cc1. The zero-order valence-electron chi connectivity index (χ0n) is 13.1. The first-order valence-corrected chi connectivity index (χ1v) is 7.81.